The number of methoxy groups -OCH3 is 2. The smallest absolute Gasteiger partial charge is 0.277 e. The molecule has 1 N–H and O–H groups in total. The van der Waals surface area contributed by atoms with Gasteiger partial charge in [-0.15, -0.1) is 0 Å². The predicted octanol–water partition coefficient (Wildman–Crippen LogP) is 3.78. The largest absolute Gasteiger partial charge is 0.497 e. The molecule has 3 aromatic rings. The van der Waals surface area contributed by atoms with Gasteiger partial charge >= 0.3 is 0 Å². The zero-order valence-electron chi connectivity index (χ0n) is 17.5. The lowest BCUT2D eigenvalue weighted by atomic mass is 9.74. The number of rotatable bonds is 5. The number of nitrogens with zero attached hydrogens (tertiary/aromatic N) is 1. The Morgan fingerprint density at radius 3 is 2.50 bits per heavy atom. The highest BCUT2D eigenvalue weighted by molar-refractivity contribution is 6.25. The molecule has 7 nitrogen and oxygen atoms in total. The summed E-state index contributed by atoms with van der Waals surface area (Å²) in [5.74, 6) is -0.669. The second-order valence-electron chi connectivity index (χ2n) is 7.53. The average molecular weight is 428 g/mol. The van der Waals surface area contributed by atoms with Gasteiger partial charge < -0.3 is 19.6 Å². The van der Waals surface area contributed by atoms with Crippen molar-refractivity contribution in [3.63, 3.8) is 0 Å². The van der Waals surface area contributed by atoms with Crippen molar-refractivity contribution in [1.29, 1.82) is 0 Å². The van der Waals surface area contributed by atoms with Crippen LogP contribution in [0.4, 0.5) is 5.69 Å². The Morgan fingerprint density at radius 1 is 1.00 bits per heavy atom. The number of ketones is 1. The summed E-state index contributed by atoms with van der Waals surface area (Å²) in [7, 11) is 3.08. The lowest BCUT2D eigenvalue weighted by Crippen LogP contribution is -2.46. The van der Waals surface area contributed by atoms with Gasteiger partial charge in [0.25, 0.3) is 11.5 Å². The van der Waals surface area contributed by atoms with Crippen molar-refractivity contribution < 1.29 is 23.9 Å². The van der Waals surface area contributed by atoms with E-state index in [0.29, 0.717) is 39.6 Å². The Hall–Kier alpha value is -4.13. The van der Waals surface area contributed by atoms with Crippen LogP contribution in [0.1, 0.15) is 21.5 Å². The first-order valence-corrected chi connectivity index (χ1v) is 10.1. The van der Waals surface area contributed by atoms with Crippen LogP contribution in [0.15, 0.2) is 78.0 Å². The number of carbonyl (C=O) groups excluding carboxylic acids is 2. The Bertz CT molecular complexity index is 1250. The van der Waals surface area contributed by atoms with Crippen LogP contribution in [-0.2, 0) is 15.2 Å². The van der Waals surface area contributed by atoms with Gasteiger partial charge in [-0.05, 0) is 18.2 Å². The molecule has 0 radical (unpaired) electrons. The molecule has 1 spiro atoms. The van der Waals surface area contributed by atoms with Crippen LogP contribution in [0.2, 0.25) is 0 Å². The van der Waals surface area contributed by atoms with Gasteiger partial charge in [-0.25, -0.2) is 0 Å². The molecule has 2 aliphatic rings. The Morgan fingerprint density at radius 2 is 1.75 bits per heavy atom. The number of oxime groups is 1. The lowest BCUT2D eigenvalue weighted by molar-refractivity contribution is -0.140. The molecule has 5 rings (SSSR count). The van der Waals surface area contributed by atoms with Gasteiger partial charge in [0.15, 0.2) is 5.78 Å². The Balaban J connectivity index is 1.71. The molecule has 0 saturated carbocycles. The van der Waals surface area contributed by atoms with Crippen LogP contribution in [0.25, 0.3) is 0 Å². The van der Waals surface area contributed by atoms with Crippen molar-refractivity contribution in [2.24, 2.45) is 11.1 Å². The maximum Gasteiger partial charge on any atom is 0.277 e. The second kappa shape index (κ2) is 7.53. The minimum Gasteiger partial charge on any atom is -0.497 e. The number of amides is 1. The normalized spacial score (nSPS) is 20.9. The summed E-state index contributed by atoms with van der Waals surface area (Å²) in [4.78, 5) is 33.1. The molecule has 0 aromatic heterocycles. The molecule has 2 heterocycles. The number of para-hydroxylation sites is 1. The van der Waals surface area contributed by atoms with E-state index in [-0.39, 0.29) is 5.78 Å². The summed E-state index contributed by atoms with van der Waals surface area (Å²) in [5, 5.41) is 7.14. The number of Topliss-reactive ketones (excluding diaryl/α,β-unsaturated/α-hetero) is 1. The van der Waals surface area contributed by atoms with Crippen molar-refractivity contribution >= 4 is 23.1 Å². The number of nitrogens with one attached hydrogen (secondary N) is 1. The van der Waals surface area contributed by atoms with Gasteiger partial charge in [0.1, 0.15) is 23.1 Å². The fourth-order valence-corrected chi connectivity index (χ4v) is 4.34. The highest BCUT2D eigenvalue weighted by atomic mass is 16.7. The standard InChI is InChI=1S/C25H20N2O5/c1-30-16-12-13-17(20(14-16)31-2)22-21(23(28)15-8-4-3-5-9-15)25(32-27-22)18-10-6-7-11-19(18)26-24(25)29/h3-14,21H,1-2H3,(H,26,29)/t21-,25-/m1/s1. The van der Waals surface area contributed by atoms with E-state index in [1.807, 2.05) is 12.1 Å². The quantitative estimate of drug-likeness (QED) is 0.625. The van der Waals surface area contributed by atoms with Crippen LogP contribution in [0.3, 0.4) is 0 Å². The highest BCUT2D eigenvalue weighted by Gasteiger charge is 2.63. The van der Waals surface area contributed by atoms with Crippen LogP contribution in [0.5, 0.6) is 11.5 Å². The van der Waals surface area contributed by atoms with E-state index >= 15 is 0 Å². The highest BCUT2D eigenvalue weighted by Crippen LogP contribution is 2.50. The Kier molecular flexibility index (Phi) is 4.66. The van der Waals surface area contributed by atoms with Crippen LogP contribution in [-0.4, -0.2) is 31.6 Å². The van der Waals surface area contributed by atoms with E-state index in [1.165, 1.54) is 7.11 Å². The first-order chi connectivity index (χ1) is 15.6. The third-order valence-electron chi connectivity index (χ3n) is 5.89. The van der Waals surface area contributed by atoms with E-state index < -0.39 is 17.4 Å². The lowest BCUT2D eigenvalue weighted by Gasteiger charge is -2.27. The molecule has 0 bridgehead atoms. The number of carbonyl (C=O) groups is 2. The average Bonchev–Trinajstić information content (AvgIpc) is 3.37. The number of ether oxygens (including phenoxy) is 2. The second-order valence-corrected chi connectivity index (χ2v) is 7.53. The summed E-state index contributed by atoms with van der Waals surface area (Å²) in [5.41, 5.74) is 0.901. The number of fused-ring (bicyclic) bond motifs is 2. The van der Waals surface area contributed by atoms with Crippen LogP contribution in [0, 0.1) is 5.92 Å². The molecule has 0 aliphatic carbocycles. The fraction of sp³-hybridized carbons (Fsp3) is 0.160. The topological polar surface area (TPSA) is 86.2 Å². The van der Waals surface area contributed by atoms with E-state index in [1.54, 1.807) is 67.8 Å². The molecule has 32 heavy (non-hydrogen) atoms. The summed E-state index contributed by atoms with van der Waals surface area (Å²) in [6.07, 6.45) is 0. The summed E-state index contributed by atoms with van der Waals surface area (Å²) in [6, 6.07) is 21.2. The molecule has 0 saturated heterocycles. The molecule has 7 heteroatoms. The van der Waals surface area contributed by atoms with Gasteiger partial charge in [-0.1, -0.05) is 53.7 Å². The zero-order chi connectivity index (χ0) is 22.3. The number of hydrogen-bond donors (Lipinski definition) is 1. The molecule has 1 amide bonds. The van der Waals surface area contributed by atoms with E-state index in [4.69, 9.17) is 14.3 Å². The minimum atomic E-state index is -1.61. The maximum absolute atomic E-state index is 13.9. The molecular weight excluding hydrogens is 408 g/mol. The molecule has 3 aromatic carbocycles. The third kappa shape index (κ3) is 2.78. The molecule has 0 unspecified atom stereocenters. The molecule has 2 aliphatic heterocycles. The molecule has 0 fully saturated rings. The van der Waals surface area contributed by atoms with Gasteiger partial charge in [0.05, 0.1) is 14.2 Å². The van der Waals surface area contributed by atoms with E-state index in [9.17, 15) is 9.59 Å². The summed E-state index contributed by atoms with van der Waals surface area (Å²) in [6.45, 7) is 0. The van der Waals surface area contributed by atoms with Crippen molar-refractivity contribution in [2.75, 3.05) is 19.5 Å². The molecular formula is C25H20N2O5. The molecule has 2 atom stereocenters. The van der Waals surface area contributed by atoms with Gasteiger partial charge in [-0.2, -0.15) is 0 Å². The van der Waals surface area contributed by atoms with Crippen molar-refractivity contribution in [3.8, 4) is 11.5 Å². The zero-order valence-corrected chi connectivity index (χ0v) is 17.5. The fourth-order valence-electron chi connectivity index (χ4n) is 4.34. The third-order valence-corrected chi connectivity index (χ3v) is 5.89. The first-order valence-electron chi connectivity index (χ1n) is 10.1. The van der Waals surface area contributed by atoms with Crippen molar-refractivity contribution in [3.05, 3.63) is 89.5 Å². The van der Waals surface area contributed by atoms with E-state index in [0.717, 1.165) is 0 Å². The van der Waals surface area contributed by atoms with Gasteiger partial charge in [0.2, 0.25) is 0 Å². The number of anilines is 1. The predicted molar refractivity (Wildman–Crippen MR) is 118 cm³/mol. The van der Waals surface area contributed by atoms with Crippen LogP contribution < -0.4 is 14.8 Å². The van der Waals surface area contributed by atoms with Crippen LogP contribution >= 0.6 is 0 Å². The minimum absolute atomic E-state index is 0.272. The number of benzene rings is 3. The Labute approximate surface area is 184 Å². The molecule has 160 valence electrons. The maximum atomic E-state index is 13.9. The first kappa shape index (κ1) is 19.8. The van der Waals surface area contributed by atoms with Gasteiger partial charge in [-0.3, -0.25) is 9.59 Å². The van der Waals surface area contributed by atoms with Gasteiger partial charge in [0, 0.05) is 28.4 Å². The summed E-state index contributed by atoms with van der Waals surface area (Å²) >= 11 is 0. The van der Waals surface area contributed by atoms with E-state index in [2.05, 4.69) is 10.5 Å². The monoisotopic (exact) mass is 428 g/mol. The van der Waals surface area contributed by atoms with Crippen molar-refractivity contribution in [2.45, 2.75) is 5.60 Å². The SMILES string of the molecule is COc1ccc(C2=NO[C@@]3(C(=O)Nc4ccccc43)[C@H]2C(=O)c2ccccc2)c(OC)c1. The summed E-state index contributed by atoms with van der Waals surface area (Å²) < 4.78 is 10.8. The number of hydrogen-bond acceptors (Lipinski definition) is 6. The van der Waals surface area contributed by atoms with Crippen molar-refractivity contribution in [1.82, 2.24) is 0 Å².